The molecule has 0 unspecified atom stereocenters. The van der Waals surface area contributed by atoms with E-state index in [2.05, 4.69) is 41.8 Å². The summed E-state index contributed by atoms with van der Waals surface area (Å²) in [5.74, 6) is 0.724. The molecule has 110 valence electrons. The van der Waals surface area contributed by atoms with Crippen LogP contribution in [0.5, 0.6) is 0 Å². The minimum Gasteiger partial charge on any atom is -0.316 e. The van der Waals surface area contributed by atoms with Gasteiger partial charge in [0.15, 0.2) is 5.82 Å². The van der Waals surface area contributed by atoms with Gasteiger partial charge in [-0.05, 0) is 26.8 Å². The number of benzene rings is 1. The van der Waals surface area contributed by atoms with Crippen LogP contribution in [0.25, 0.3) is 21.9 Å². The summed E-state index contributed by atoms with van der Waals surface area (Å²) in [5, 5.41) is 0.996. The van der Waals surface area contributed by atoms with Gasteiger partial charge in [-0.3, -0.25) is 0 Å². The van der Waals surface area contributed by atoms with E-state index in [9.17, 15) is 0 Å². The van der Waals surface area contributed by atoms with Gasteiger partial charge in [0.1, 0.15) is 17.4 Å². The zero-order chi connectivity index (χ0) is 15.0. The lowest BCUT2D eigenvalue weighted by atomic mass is 10.1. The molecule has 0 saturated carbocycles. The molecule has 2 aromatic heterocycles. The molecule has 0 radical (unpaired) electrons. The highest BCUT2D eigenvalue weighted by Crippen LogP contribution is 2.28. The summed E-state index contributed by atoms with van der Waals surface area (Å²) in [4.78, 5) is 14.7. The van der Waals surface area contributed by atoms with Gasteiger partial charge in [0.2, 0.25) is 0 Å². The Morgan fingerprint density at radius 3 is 2.71 bits per heavy atom. The second-order valence-electron chi connectivity index (χ2n) is 5.78. The normalized spacial score (nSPS) is 12.0. The lowest BCUT2D eigenvalue weighted by molar-refractivity contribution is -0.0113. The molecular formula is C14H16IN5O. The van der Waals surface area contributed by atoms with E-state index in [-0.39, 0.29) is 5.54 Å². The van der Waals surface area contributed by atoms with E-state index in [1.807, 2.05) is 45.0 Å². The highest BCUT2D eigenvalue weighted by Gasteiger charge is 2.16. The number of rotatable bonds is 3. The Labute approximate surface area is 136 Å². The molecule has 3 rings (SSSR count). The Bertz CT molecular complexity index is 793. The van der Waals surface area contributed by atoms with Gasteiger partial charge in [-0.2, -0.15) is 0 Å². The number of hydrogen-bond acceptors (Lipinski definition) is 5. The van der Waals surface area contributed by atoms with Crippen LogP contribution in [0.2, 0.25) is 0 Å². The number of nitrogens with zero attached hydrogens (tertiary/aromatic N) is 3. The van der Waals surface area contributed by atoms with Gasteiger partial charge >= 0.3 is 0 Å². The molecular weight excluding hydrogens is 381 g/mol. The van der Waals surface area contributed by atoms with Gasteiger partial charge in [-0.15, -0.1) is 10.2 Å². The minimum atomic E-state index is -0.163. The molecule has 7 heteroatoms. The quantitative estimate of drug-likeness (QED) is 0.404. The third kappa shape index (κ3) is 2.75. The van der Waals surface area contributed by atoms with Crippen LogP contribution >= 0.6 is 22.9 Å². The smallest absolute Gasteiger partial charge is 0.163 e. The van der Waals surface area contributed by atoms with Gasteiger partial charge in [-0.25, -0.2) is 9.97 Å². The molecule has 3 aromatic rings. The number of para-hydroxylation sites is 1. The number of hydrogen-bond donors (Lipinski definition) is 2. The van der Waals surface area contributed by atoms with Gasteiger partial charge in [0.25, 0.3) is 0 Å². The first kappa shape index (κ1) is 14.3. The van der Waals surface area contributed by atoms with E-state index in [0.717, 1.165) is 27.8 Å². The fraction of sp³-hybridized carbons (Fsp3) is 0.286. The van der Waals surface area contributed by atoms with E-state index >= 15 is 0 Å². The molecule has 0 spiro atoms. The van der Waals surface area contributed by atoms with Crippen molar-refractivity contribution in [3.8, 4) is 0 Å². The molecule has 21 heavy (non-hydrogen) atoms. The Kier molecular flexibility index (Phi) is 3.62. The number of halogens is 1. The first-order chi connectivity index (χ1) is 9.99. The van der Waals surface area contributed by atoms with Crippen LogP contribution in [0.3, 0.4) is 0 Å². The van der Waals surface area contributed by atoms with E-state index in [4.69, 9.17) is 4.94 Å². The fourth-order valence-electron chi connectivity index (χ4n) is 2.02. The third-order valence-electron chi connectivity index (χ3n) is 2.89. The van der Waals surface area contributed by atoms with Crippen molar-refractivity contribution in [2.24, 2.45) is 0 Å². The maximum Gasteiger partial charge on any atom is 0.163 e. The van der Waals surface area contributed by atoms with Crippen molar-refractivity contribution >= 4 is 50.6 Å². The standard InChI is InChI=1S/C14H16IN5O/c1-14(2,3)19-21-20-8-16-11-12(20)9-6-4-5-7-10(9)17-13(11)18-15/h4-8,19H,1-3H3,(H,17,18). The molecule has 1 aromatic carbocycles. The van der Waals surface area contributed by atoms with Crippen molar-refractivity contribution in [3.05, 3.63) is 30.6 Å². The lowest BCUT2D eigenvalue weighted by Crippen LogP contribution is -2.42. The summed E-state index contributed by atoms with van der Waals surface area (Å²) >= 11 is 2.06. The summed E-state index contributed by atoms with van der Waals surface area (Å²) in [5.41, 5.74) is 5.39. The highest BCUT2D eigenvalue weighted by atomic mass is 127. The summed E-state index contributed by atoms with van der Waals surface area (Å²) in [6.45, 7) is 6.09. The summed E-state index contributed by atoms with van der Waals surface area (Å²) in [7, 11) is 0. The van der Waals surface area contributed by atoms with Gasteiger partial charge in [0, 0.05) is 10.9 Å². The molecule has 6 nitrogen and oxygen atoms in total. The number of pyridine rings is 1. The molecule has 0 atom stereocenters. The van der Waals surface area contributed by atoms with Gasteiger partial charge in [-0.1, -0.05) is 18.2 Å². The van der Waals surface area contributed by atoms with Gasteiger partial charge in [0.05, 0.1) is 28.4 Å². The van der Waals surface area contributed by atoms with Crippen LogP contribution in [-0.4, -0.2) is 20.2 Å². The number of hydroxylamine groups is 1. The second-order valence-corrected chi connectivity index (χ2v) is 6.32. The Hall–Kier alpha value is -1.61. The first-order valence-electron chi connectivity index (χ1n) is 6.56. The monoisotopic (exact) mass is 397 g/mol. The van der Waals surface area contributed by atoms with Crippen LogP contribution in [0, 0.1) is 0 Å². The number of anilines is 1. The molecule has 0 aliphatic heterocycles. The predicted octanol–water partition coefficient (Wildman–Crippen LogP) is 3.08. The number of imidazole rings is 1. The number of nitrogens with one attached hydrogen (secondary N) is 2. The summed E-state index contributed by atoms with van der Waals surface area (Å²) < 4.78 is 4.70. The zero-order valence-corrected chi connectivity index (χ0v) is 14.2. The van der Waals surface area contributed by atoms with Gasteiger partial charge < -0.3 is 8.47 Å². The van der Waals surface area contributed by atoms with Crippen molar-refractivity contribution in [3.63, 3.8) is 0 Å². The van der Waals surface area contributed by atoms with E-state index < -0.39 is 0 Å². The Morgan fingerprint density at radius 1 is 1.24 bits per heavy atom. The molecule has 0 bridgehead atoms. The van der Waals surface area contributed by atoms with Crippen molar-refractivity contribution < 1.29 is 4.94 Å². The minimum absolute atomic E-state index is 0.163. The maximum absolute atomic E-state index is 5.68. The van der Waals surface area contributed by atoms with E-state index in [1.54, 1.807) is 11.1 Å². The third-order valence-corrected chi connectivity index (χ3v) is 3.40. The topological polar surface area (TPSA) is 64.0 Å². The second kappa shape index (κ2) is 5.30. The van der Waals surface area contributed by atoms with Crippen molar-refractivity contribution in [1.29, 1.82) is 0 Å². The average Bonchev–Trinajstić information content (AvgIpc) is 2.88. The molecule has 2 N–H and O–H groups in total. The predicted molar refractivity (Wildman–Crippen MR) is 92.1 cm³/mol. The van der Waals surface area contributed by atoms with Crippen molar-refractivity contribution in [2.75, 3.05) is 3.53 Å². The SMILES string of the molecule is CC(C)(C)NOn1cnc2c(NI)nc3ccccc3c21. The zero-order valence-electron chi connectivity index (χ0n) is 12.0. The first-order valence-corrected chi connectivity index (χ1v) is 7.64. The molecule has 0 fully saturated rings. The van der Waals surface area contributed by atoms with Crippen LogP contribution < -0.4 is 13.9 Å². The average molecular weight is 397 g/mol. The lowest BCUT2D eigenvalue weighted by Gasteiger charge is -2.20. The number of aromatic nitrogens is 3. The fourth-order valence-corrected chi connectivity index (χ4v) is 2.40. The highest BCUT2D eigenvalue weighted by molar-refractivity contribution is 14.1. The van der Waals surface area contributed by atoms with Crippen molar-refractivity contribution in [1.82, 2.24) is 20.2 Å². The number of fused-ring (bicyclic) bond motifs is 3. The molecule has 2 heterocycles. The largest absolute Gasteiger partial charge is 0.316 e. The van der Waals surface area contributed by atoms with E-state index in [1.165, 1.54) is 0 Å². The summed E-state index contributed by atoms with van der Waals surface area (Å²) in [6, 6.07) is 7.93. The van der Waals surface area contributed by atoms with Crippen LogP contribution in [0.15, 0.2) is 30.6 Å². The Morgan fingerprint density at radius 2 is 2.00 bits per heavy atom. The Balaban J connectivity index is 2.20. The van der Waals surface area contributed by atoms with Crippen LogP contribution in [0.4, 0.5) is 5.82 Å². The maximum atomic E-state index is 5.68. The molecule has 0 amide bonds. The van der Waals surface area contributed by atoms with Crippen LogP contribution in [0.1, 0.15) is 20.8 Å². The van der Waals surface area contributed by atoms with Crippen LogP contribution in [-0.2, 0) is 0 Å². The molecule has 0 aliphatic rings. The van der Waals surface area contributed by atoms with Crippen molar-refractivity contribution in [2.45, 2.75) is 26.3 Å². The molecule has 0 aliphatic carbocycles. The summed E-state index contributed by atoms with van der Waals surface area (Å²) in [6.07, 6.45) is 1.65. The van der Waals surface area contributed by atoms with E-state index in [0.29, 0.717) is 0 Å². The molecule has 0 saturated heterocycles.